The minimum Gasteiger partial charge on any atom is -0.351 e. The molecule has 2 aromatic heterocycles. The largest absolute Gasteiger partial charge is 0.351 e. The Hall–Kier alpha value is -2.73. The molecule has 1 fully saturated rings. The van der Waals surface area contributed by atoms with Gasteiger partial charge in [-0.3, -0.25) is 4.98 Å². The number of nitrogens with zero attached hydrogens (tertiary/aromatic N) is 3. The van der Waals surface area contributed by atoms with Gasteiger partial charge < -0.3 is 14.8 Å². The Bertz CT molecular complexity index is 954. The molecule has 3 aromatic rings. The van der Waals surface area contributed by atoms with Crippen molar-refractivity contribution in [3.63, 3.8) is 0 Å². The number of hydrogen-bond acceptors (Lipinski definition) is 2. The standard InChI is InChI=1S/C21H21FN4S/c1-14(2)25-13-7-11-18(25)20-19(16-9-5-6-12-23-16)24-21(27)26(20)17-10-4-3-8-15(17)22/h3-14,19-20H,1-2H3,(H,24,27)/t19-,20-/m0/s1. The Balaban J connectivity index is 1.88. The summed E-state index contributed by atoms with van der Waals surface area (Å²) in [6, 6.07) is 16.5. The third-order valence-electron chi connectivity index (χ3n) is 4.88. The summed E-state index contributed by atoms with van der Waals surface area (Å²) in [6.45, 7) is 4.26. The van der Waals surface area contributed by atoms with Gasteiger partial charge in [-0.1, -0.05) is 18.2 Å². The van der Waals surface area contributed by atoms with Crippen LogP contribution in [0, 0.1) is 5.82 Å². The molecule has 3 heterocycles. The van der Waals surface area contributed by atoms with Crippen molar-refractivity contribution in [3.05, 3.63) is 84.2 Å². The maximum absolute atomic E-state index is 14.7. The number of nitrogens with one attached hydrogen (secondary N) is 1. The zero-order valence-corrected chi connectivity index (χ0v) is 16.0. The van der Waals surface area contributed by atoms with Crippen LogP contribution in [0.1, 0.15) is 43.4 Å². The second kappa shape index (κ2) is 7.12. The molecular weight excluding hydrogens is 359 g/mol. The third kappa shape index (κ3) is 3.10. The van der Waals surface area contributed by atoms with Crippen LogP contribution in [-0.4, -0.2) is 14.7 Å². The Morgan fingerprint density at radius 3 is 2.56 bits per heavy atom. The predicted molar refractivity (Wildman–Crippen MR) is 109 cm³/mol. The fraction of sp³-hybridized carbons (Fsp3) is 0.238. The first kappa shape index (κ1) is 17.7. The summed E-state index contributed by atoms with van der Waals surface area (Å²) in [6.07, 6.45) is 3.82. The smallest absolute Gasteiger partial charge is 0.174 e. The van der Waals surface area contributed by atoms with Crippen molar-refractivity contribution in [2.24, 2.45) is 0 Å². The van der Waals surface area contributed by atoms with E-state index >= 15 is 0 Å². The molecule has 0 amide bonds. The molecule has 1 aliphatic rings. The summed E-state index contributed by atoms with van der Waals surface area (Å²) in [5.41, 5.74) is 2.41. The first-order valence-corrected chi connectivity index (χ1v) is 9.40. The van der Waals surface area contributed by atoms with Crippen LogP contribution >= 0.6 is 12.2 Å². The van der Waals surface area contributed by atoms with Crippen molar-refractivity contribution in [2.75, 3.05) is 4.90 Å². The molecule has 1 N–H and O–H groups in total. The maximum Gasteiger partial charge on any atom is 0.174 e. The lowest BCUT2D eigenvalue weighted by Crippen LogP contribution is -2.31. The normalized spacial score (nSPS) is 19.6. The Kier molecular flexibility index (Phi) is 4.66. The fourth-order valence-electron chi connectivity index (χ4n) is 3.69. The molecule has 2 atom stereocenters. The van der Waals surface area contributed by atoms with Crippen molar-refractivity contribution in [2.45, 2.75) is 32.0 Å². The summed E-state index contributed by atoms with van der Waals surface area (Å²) in [5.74, 6) is -0.295. The molecule has 1 saturated heterocycles. The van der Waals surface area contributed by atoms with Gasteiger partial charge in [-0.25, -0.2) is 4.39 Å². The molecule has 1 aromatic carbocycles. The molecule has 0 spiro atoms. The second-order valence-corrected chi connectivity index (χ2v) is 7.27. The van der Waals surface area contributed by atoms with Crippen molar-refractivity contribution in [1.82, 2.24) is 14.9 Å². The summed E-state index contributed by atoms with van der Waals surface area (Å²) in [7, 11) is 0. The van der Waals surface area contributed by atoms with Crippen LogP contribution in [0.15, 0.2) is 67.0 Å². The number of hydrogen-bond donors (Lipinski definition) is 1. The molecule has 0 saturated carbocycles. The molecular formula is C21H21FN4S. The zero-order chi connectivity index (χ0) is 19.0. The minimum atomic E-state index is -0.295. The first-order valence-electron chi connectivity index (χ1n) is 9.00. The molecule has 0 unspecified atom stereocenters. The molecule has 4 nitrogen and oxygen atoms in total. The molecule has 0 radical (unpaired) electrons. The lowest BCUT2D eigenvalue weighted by molar-refractivity contribution is 0.494. The highest BCUT2D eigenvalue weighted by molar-refractivity contribution is 7.80. The Morgan fingerprint density at radius 1 is 1.07 bits per heavy atom. The van der Waals surface area contributed by atoms with E-state index in [2.05, 4.69) is 41.0 Å². The van der Waals surface area contributed by atoms with Crippen molar-refractivity contribution < 1.29 is 4.39 Å². The summed E-state index contributed by atoms with van der Waals surface area (Å²) in [5, 5.41) is 3.86. The van der Waals surface area contributed by atoms with Crippen LogP contribution in [0.5, 0.6) is 0 Å². The molecule has 0 bridgehead atoms. The zero-order valence-electron chi connectivity index (χ0n) is 15.2. The summed E-state index contributed by atoms with van der Waals surface area (Å²) < 4.78 is 16.9. The third-order valence-corrected chi connectivity index (χ3v) is 5.20. The van der Waals surface area contributed by atoms with Gasteiger partial charge >= 0.3 is 0 Å². The molecule has 1 aliphatic heterocycles. The number of rotatable bonds is 4. The molecule has 4 rings (SSSR count). The van der Waals surface area contributed by atoms with E-state index in [4.69, 9.17) is 12.2 Å². The quantitative estimate of drug-likeness (QED) is 0.661. The van der Waals surface area contributed by atoms with E-state index in [1.54, 1.807) is 18.3 Å². The van der Waals surface area contributed by atoms with Gasteiger partial charge in [0.05, 0.1) is 17.4 Å². The topological polar surface area (TPSA) is 33.1 Å². The van der Waals surface area contributed by atoms with Crippen molar-refractivity contribution in [1.29, 1.82) is 0 Å². The van der Waals surface area contributed by atoms with Crippen LogP contribution in [-0.2, 0) is 0 Å². The number of halogens is 1. The van der Waals surface area contributed by atoms with E-state index in [1.165, 1.54) is 6.07 Å². The highest BCUT2D eigenvalue weighted by Crippen LogP contribution is 2.42. The SMILES string of the molecule is CC(C)n1cccc1[C@H]1[C@H](c2ccccn2)NC(=S)N1c1ccccc1F. The average molecular weight is 380 g/mol. The number of pyridine rings is 1. The van der Waals surface area contributed by atoms with E-state index < -0.39 is 0 Å². The molecule has 138 valence electrons. The minimum absolute atomic E-state index is 0.175. The van der Waals surface area contributed by atoms with Crippen molar-refractivity contribution in [3.8, 4) is 0 Å². The summed E-state index contributed by atoms with van der Waals surface area (Å²) >= 11 is 5.63. The maximum atomic E-state index is 14.7. The number of aromatic nitrogens is 2. The Labute approximate surface area is 163 Å². The average Bonchev–Trinajstić information content (AvgIpc) is 3.27. The lowest BCUT2D eigenvalue weighted by Gasteiger charge is -2.30. The van der Waals surface area contributed by atoms with Gasteiger partial charge in [0, 0.05) is 24.1 Å². The van der Waals surface area contributed by atoms with Crippen molar-refractivity contribution >= 4 is 23.0 Å². The first-order chi connectivity index (χ1) is 13.1. The van der Waals surface area contributed by atoms with Gasteiger partial charge in [-0.05, 0) is 62.5 Å². The number of thiocarbonyl (C=S) groups is 1. The van der Waals surface area contributed by atoms with Crippen LogP contribution in [0.4, 0.5) is 10.1 Å². The number of anilines is 1. The number of para-hydroxylation sites is 1. The lowest BCUT2D eigenvalue weighted by atomic mass is 10.0. The van der Waals surface area contributed by atoms with E-state index in [0.29, 0.717) is 10.8 Å². The molecule has 27 heavy (non-hydrogen) atoms. The monoisotopic (exact) mass is 380 g/mol. The van der Waals surface area contributed by atoms with Crippen LogP contribution in [0.25, 0.3) is 0 Å². The van der Waals surface area contributed by atoms with Crippen LogP contribution in [0.2, 0.25) is 0 Å². The van der Waals surface area contributed by atoms with E-state index in [-0.39, 0.29) is 23.9 Å². The van der Waals surface area contributed by atoms with E-state index in [0.717, 1.165) is 11.4 Å². The summed E-state index contributed by atoms with van der Waals surface area (Å²) in [4.78, 5) is 6.40. The fourth-order valence-corrected chi connectivity index (χ4v) is 4.03. The van der Waals surface area contributed by atoms with Gasteiger partial charge in [0.2, 0.25) is 0 Å². The molecule has 0 aliphatic carbocycles. The predicted octanol–water partition coefficient (Wildman–Crippen LogP) is 4.78. The van der Waals surface area contributed by atoms with E-state index in [9.17, 15) is 4.39 Å². The van der Waals surface area contributed by atoms with Gasteiger partial charge in [0.1, 0.15) is 11.9 Å². The second-order valence-electron chi connectivity index (χ2n) is 6.88. The van der Waals surface area contributed by atoms with Crippen LogP contribution < -0.4 is 10.2 Å². The van der Waals surface area contributed by atoms with Gasteiger partial charge in [-0.2, -0.15) is 0 Å². The highest BCUT2D eigenvalue weighted by atomic mass is 32.1. The van der Waals surface area contributed by atoms with Crippen LogP contribution in [0.3, 0.4) is 0 Å². The highest BCUT2D eigenvalue weighted by Gasteiger charge is 2.42. The van der Waals surface area contributed by atoms with E-state index in [1.807, 2.05) is 35.2 Å². The molecule has 6 heteroatoms. The van der Waals surface area contributed by atoms with Gasteiger partial charge in [-0.15, -0.1) is 0 Å². The Morgan fingerprint density at radius 2 is 1.85 bits per heavy atom. The van der Waals surface area contributed by atoms with Gasteiger partial charge in [0.25, 0.3) is 0 Å². The number of benzene rings is 1. The van der Waals surface area contributed by atoms with Gasteiger partial charge in [0.15, 0.2) is 5.11 Å².